The summed E-state index contributed by atoms with van der Waals surface area (Å²) in [6.07, 6.45) is 20.3. The summed E-state index contributed by atoms with van der Waals surface area (Å²) in [5, 5.41) is 33.3. The molecule has 64 heavy (non-hydrogen) atoms. The number of nitrogens with one attached hydrogen (secondary N) is 5. The van der Waals surface area contributed by atoms with Gasteiger partial charge in [0.25, 0.3) is 0 Å². The zero-order valence-electron chi connectivity index (χ0n) is 39.1. The minimum atomic E-state index is -1.25. The van der Waals surface area contributed by atoms with Crippen molar-refractivity contribution in [2.24, 2.45) is 29.2 Å². The van der Waals surface area contributed by atoms with E-state index in [0.29, 0.717) is 25.7 Å². The summed E-state index contributed by atoms with van der Waals surface area (Å²) in [5.41, 5.74) is 11.0. The molecule has 0 aromatic heterocycles. The number of unbranched alkanes of at least 4 members (excludes halogenated alkanes) is 11. The van der Waals surface area contributed by atoms with Crippen LogP contribution in [-0.4, -0.2) is 93.8 Å². The largest absolute Gasteiger partial charge is 0.480 e. The summed E-state index contributed by atoms with van der Waals surface area (Å²) in [5.74, 6) is -4.96. The lowest BCUT2D eigenvalue weighted by molar-refractivity contribution is -0.143. The molecule has 2 aliphatic carbocycles. The molecular formula is C47H83N7O10. The zero-order chi connectivity index (χ0) is 47.4. The number of nitrogens with two attached hydrogens (primary N) is 2. The molecule has 7 amide bonds. The number of rotatable bonds is 33. The topological polar surface area (TPSA) is 289 Å². The van der Waals surface area contributed by atoms with E-state index >= 15 is 0 Å². The molecule has 0 radical (unpaired) electrons. The third kappa shape index (κ3) is 23.6. The lowest BCUT2D eigenvalue weighted by Crippen LogP contribution is -2.59. The third-order valence-corrected chi connectivity index (χ3v) is 12.7. The molecule has 0 bridgehead atoms. The minimum Gasteiger partial charge on any atom is -0.480 e. The average Bonchev–Trinajstić information content (AvgIpc) is 3.23. The Morgan fingerprint density at radius 2 is 1.00 bits per heavy atom. The standard InChI is InChI=1S/C47H83N7O10/c1-31(2)28-35(45(61)54-42(43(49)59)34-24-18-15-19-25-34)51-46(62)41(32(3)55)53-40(58)27-21-13-11-9-7-5-4-6-8-10-12-20-26-39(57)50-36(30-38(48)56)44(60)52-37(47(63)64)29-33-22-16-14-17-23-33/h31-37,41-42,55H,4-30H2,1-3H3,(H2,48,56)(H2,49,59)(H,50,57)(H,51,62)(H,52,60)(H,53,58)(H,54,61)(H,63,64)/t32?,35-,36-,37-,41-,42-/m0/s1. The average molecular weight is 906 g/mol. The Balaban J connectivity index is 1.60. The maximum atomic E-state index is 13.4. The van der Waals surface area contributed by atoms with Gasteiger partial charge in [-0.25, -0.2) is 4.79 Å². The van der Waals surface area contributed by atoms with Gasteiger partial charge in [0.15, 0.2) is 0 Å². The van der Waals surface area contributed by atoms with Gasteiger partial charge in [-0.3, -0.25) is 33.6 Å². The monoisotopic (exact) mass is 906 g/mol. The molecule has 2 rings (SSSR count). The molecule has 11 N–H and O–H groups in total. The van der Waals surface area contributed by atoms with E-state index in [-0.39, 0.29) is 42.4 Å². The van der Waals surface area contributed by atoms with Gasteiger partial charge in [-0.2, -0.15) is 0 Å². The van der Waals surface area contributed by atoms with Crippen molar-refractivity contribution < 1.29 is 48.6 Å². The minimum absolute atomic E-state index is 0.0314. The maximum absolute atomic E-state index is 13.4. The van der Waals surface area contributed by atoms with Crippen LogP contribution in [0.5, 0.6) is 0 Å². The summed E-state index contributed by atoms with van der Waals surface area (Å²) in [6, 6.07) is -5.36. The van der Waals surface area contributed by atoms with Crippen molar-refractivity contribution in [1.82, 2.24) is 26.6 Å². The quantitative estimate of drug-likeness (QED) is 0.0421. The summed E-state index contributed by atoms with van der Waals surface area (Å²) in [6.45, 7) is 5.22. The Bertz CT molecular complexity index is 1460. The van der Waals surface area contributed by atoms with Gasteiger partial charge in [0.1, 0.15) is 30.2 Å². The SMILES string of the molecule is CC(C)C[C@H](NC(=O)[C@@H](NC(=O)CCCCCCCCCCCCCCC(=O)N[C@@H](CC(N)=O)C(=O)N[C@@H](CC1CCCCC1)C(=O)O)C(C)O)C(=O)N[C@H](C(N)=O)C1CCCCC1. The number of carboxylic acids is 1. The molecular weight excluding hydrogens is 823 g/mol. The molecule has 17 nitrogen and oxygen atoms in total. The Morgan fingerprint density at radius 1 is 0.547 bits per heavy atom. The van der Waals surface area contributed by atoms with Gasteiger partial charge in [-0.1, -0.05) is 129 Å². The molecule has 366 valence electrons. The highest BCUT2D eigenvalue weighted by molar-refractivity contribution is 5.95. The van der Waals surface area contributed by atoms with E-state index in [2.05, 4.69) is 26.6 Å². The molecule has 0 saturated heterocycles. The number of aliphatic hydroxyl groups is 1. The van der Waals surface area contributed by atoms with E-state index in [1.807, 2.05) is 13.8 Å². The fraction of sp³-hybridized carbons (Fsp3) is 0.830. The summed E-state index contributed by atoms with van der Waals surface area (Å²) in [4.78, 5) is 101. The highest BCUT2D eigenvalue weighted by atomic mass is 16.4. The van der Waals surface area contributed by atoms with Crippen molar-refractivity contribution in [3.63, 3.8) is 0 Å². The van der Waals surface area contributed by atoms with Crippen LogP contribution in [0.1, 0.15) is 194 Å². The highest BCUT2D eigenvalue weighted by Gasteiger charge is 2.35. The Hall–Kier alpha value is -4.28. The van der Waals surface area contributed by atoms with Gasteiger partial charge in [0.2, 0.25) is 41.4 Å². The van der Waals surface area contributed by atoms with E-state index in [1.165, 1.54) is 6.92 Å². The predicted molar refractivity (Wildman–Crippen MR) is 244 cm³/mol. The molecule has 0 spiro atoms. The van der Waals surface area contributed by atoms with Crippen LogP contribution in [0.15, 0.2) is 0 Å². The van der Waals surface area contributed by atoms with Crippen LogP contribution in [0.3, 0.4) is 0 Å². The highest BCUT2D eigenvalue weighted by Crippen LogP contribution is 2.28. The van der Waals surface area contributed by atoms with E-state index < -0.39 is 78.2 Å². The molecule has 1 unspecified atom stereocenters. The van der Waals surface area contributed by atoms with Crippen molar-refractivity contribution in [2.45, 2.75) is 230 Å². The molecule has 0 aliphatic heterocycles. The Morgan fingerprint density at radius 3 is 1.45 bits per heavy atom. The smallest absolute Gasteiger partial charge is 0.326 e. The van der Waals surface area contributed by atoms with Gasteiger partial charge in [0.05, 0.1) is 12.5 Å². The van der Waals surface area contributed by atoms with E-state index in [1.54, 1.807) is 0 Å². The number of amides is 7. The second-order valence-electron chi connectivity index (χ2n) is 18.9. The first-order chi connectivity index (χ1) is 30.5. The molecule has 2 fully saturated rings. The number of hydrogen-bond acceptors (Lipinski definition) is 9. The van der Waals surface area contributed by atoms with Crippen LogP contribution in [0.2, 0.25) is 0 Å². The number of primary amides is 2. The molecule has 0 heterocycles. The van der Waals surface area contributed by atoms with Gasteiger partial charge in [-0.05, 0) is 63.2 Å². The Labute approximate surface area is 381 Å². The second kappa shape index (κ2) is 31.6. The summed E-state index contributed by atoms with van der Waals surface area (Å²) >= 11 is 0. The number of carboxylic acid groups (broad SMARTS) is 1. The van der Waals surface area contributed by atoms with Crippen LogP contribution < -0.4 is 38.1 Å². The number of carbonyl (C=O) groups excluding carboxylic acids is 7. The van der Waals surface area contributed by atoms with E-state index in [9.17, 15) is 48.6 Å². The van der Waals surface area contributed by atoms with E-state index in [4.69, 9.17) is 11.5 Å². The van der Waals surface area contributed by atoms with Crippen LogP contribution in [0.4, 0.5) is 0 Å². The molecule has 2 aliphatic rings. The second-order valence-corrected chi connectivity index (χ2v) is 18.9. The fourth-order valence-corrected chi connectivity index (χ4v) is 9.02. The molecule has 17 heteroatoms. The first-order valence-electron chi connectivity index (χ1n) is 24.5. The maximum Gasteiger partial charge on any atom is 0.326 e. The van der Waals surface area contributed by atoms with Crippen LogP contribution in [0.25, 0.3) is 0 Å². The van der Waals surface area contributed by atoms with Crippen molar-refractivity contribution in [3.8, 4) is 0 Å². The molecule has 6 atom stereocenters. The van der Waals surface area contributed by atoms with Crippen LogP contribution in [0, 0.1) is 17.8 Å². The summed E-state index contributed by atoms with van der Waals surface area (Å²) < 4.78 is 0. The van der Waals surface area contributed by atoms with Gasteiger partial charge in [-0.15, -0.1) is 0 Å². The van der Waals surface area contributed by atoms with Gasteiger partial charge < -0.3 is 48.3 Å². The first-order valence-corrected chi connectivity index (χ1v) is 24.5. The number of hydrogen-bond donors (Lipinski definition) is 9. The normalized spacial score (nSPS) is 17.5. The Kier molecular flexibility index (Phi) is 27.5. The van der Waals surface area contributed by atoms with E-state index in [0.717, 1.165) is 128 Å². The zero-order valence-corrected chi connectivity index (χ0v) is 39.1. The molecule has 0 aromatic rings. The van der Waals surface area contributed by atoms with Crippen molar-refractivity contribution in [3.05, 3.63) is 0 Å². The third-order valence-electron chi connectivity index (χ3n) is 12.7. The lowest BCUT2D eigenvalue weighted by atomic mass is 9.83. The van der Waals surface area contributed by atoms with Gasteiger partial charge in [0, 0.05) is 12.8 Å². The van der Waals surface area contributed by atoms with Crippen molar-refractivity contribution >= 4 is 47.3 Å². The van der Waals surface area contributed by atoms with Crippen LogP contribution in [-0.2, 0) is 38.4 Å². The number of aliphatic carboxylic acids is 1. The molecule has 0 aromatic carbocycles. The van der Waals surface area contributed by atoms with Gasteiger partial charge >= 0.3 is 5.97 Å². The lowest BCUT2D eigenvalue weighted by Gasteiger charge is -2.31. The van der Waals surface area contributed by atoms with Crippen molar-refractivity contribution in [1.29, 1.82) is 0 Å². The summed E-state index contributed by atoms with van der Waals surface area (Å²) in [7, 11) is 0. The number of carbonyl (C=O) groups is 8. The van der Waals surface area contributed by atoms with Crippen LogP contribution >= 0.6 is 0 Å². The molecule has 2 saturated carbocycles. The predicted octanol–water partition coefficient (Wildman–Crippen LogP) is 4.29. The van der Waals surface area contributed by atoms with Crippen molar-refractivity contribution in [2.75, 3.05) is 0 Å². The fourth-order valence-electron chi connectivity index (χ4n) is 9.02. The number of aliphatic hydroxyl groups excluding tert-OH is 1. The first kappa shape index (κ1) is 55.9.